The summed E-state index contributed by atoms with van der Waals surface area (Å²) in [5.41, 5.74) is -0.217. The lowest BCUT2D eigenvalue weighted by molar-refractivity contribution is -0.174. The van der Waals surface area contributed by atoms with Gasteiger partial charge >= 0.3 is 11.9 Å². The second-order valence-corrected chi connectivity index (χ2v) is 6.37. The summed E-state index contributed by atoms with van der Waals surface area (Å²) in [6.45, 7) is 10.7. The lowest BCUT2D eigenvalue weighted by Gasteiger charge is -2.34. The van der Waals surface area contributed by atoms with Crippen LogP contribution in [0.1, 0.15) is 53.4 Å². The summed E-state index contributed by atoms with van der Waals surface area (Å²) in [7, 11) is 0. The highest BCUT2D eigenvalue weighted by atomic mass is 16.6. The molecule has 21 heavy (non-hydrogen) atoms. The molecule has 1 saturated carbocycles. The largest absolute Gasteiger partial charge is 0.459 e. The van der Waals surface area contributed by atoms with E-state index in [1.54, 1.807) is 6.92 Å². The van der Waals surface area contributed by atoms with Crippen LogP contribution in [0.3, 0.4) is 0 Å². The summed E-state index contributed by atoms with van der Waals surface area (Å²) in [5, 5.41) is 10.1. The SMILES string of the molecule is C=C(C)C(=O)OC1CCC(OC(=O)C(C)(C)CC)C(O)C1. The van der Waals surface area contributed by atoms with Crippen molar-refractivity contribution >= 4 is 11.9 Å². The fraction of sp³-hybridized carbons (Fsp3) is 0.750. The predicted molar refractivity (Wildman–Crippen MR) is 78.5 cm³/mol. The quantitative estimate of drug-likeness (QED) is 0.623. The molecular weight excluding hydrogens is 272 g/mol. The Bertz CT molecular complexity index is 413. The van der Waals surface area contributed by atoms with Gasteiger partial charge in [-0.05, 0) is 40.0 Å². The monoisotopic (exact) mass is 298 g/mol. The van der Waals surface area contributed by atoms with Crippen molar-refractivity contribution in [3.05, 3.63) is 12.2 Å². The van der Waals surface area contributed by atoms with Gasteiger partial charge in [0.1, 0.15) is 12.2 Å². The summed E-state index contributed by atoms with van der Waals surface area (Å²) < 4.78 is 10.6. The number of carbonyl (C=O) groups is 2. The van der Waals surface area contributed by atoms with Gasteiger partial charge in [-0.3, -0.25) is 4.79 Å². The van der Waals surface area contributed by atoms with E-state index in [2.05, 4.69) is 6.58 Å². The molecule has 0 radical (unpaired) electrons. The Hall–Kier alpha value is -1.36. The number of carbonyl (C=O) groups excluding carboxylic acids is 2. The molecule has 1 aliphatic rings. The molecule has 3 unspecified atom stereocenters. The minimum atomic E-state index is -0.807. The summed E-state index contributed by atoms with van der Waals surface area (Å²) in [5.74, 6) is -0.749. The highest BCUT2D eigenvalue weighted by molar-refractivity contribution is 5.87. The van der Waals surface area contributed by atoms with E-state index in [-0.39, 0.29) is 18.5 Å². The number of aliphatic hydroxyl groups is 1. The highest BCUT2D eigenvalue weighted by Crippen LogP contribution is 2.28. The maximum absolute atomic E-state index is 12.0. The molecule has 0 aromatic heterocycles. The normalized spacial score (nSPS) is 26.0. The van der Waals surface area contributed by atoms with Crippen molar-refractivity contribution in [1.29, 1.82) is 0 Å². The van der Waals surface area contributed by atoms with Gasteiger partial charge in [-0.1, -0.05) is 13.5 Å². The molecule has 0 aromatic carbocycles. The smallest absolute Gasteiger partial charge is 0.333 e. The van der Waals surface area contributed by atoms with Crippen molar-refractivity contribution in [3.63, 3.8) is 0 Å². The second kappa shape index (κ2) is 7.07. The minimum absolute atomic E-state index is 0.281. The van der Waals surface area contributed by atoms with Crippen LogP contribution in [-0.4, -0.2) is 35.4 Å². The fourth-order valence-electron chi connectivity index (χ4n) is 2.02. The van der Waals surface area contributed by atoms with Crippen molar-refractivity contribution in [2.45, 2.75) is 71.7 Å². The van der Waals surface area contributed by atoms with Crippen LogP contribution < -0.4 is 0 Å². The average molecular weight is 298 g/mol. The predicted octanol–water partition coefficient (Wildman–Crippen LogP) is 2.37. The highest BCUT2D eigenvalue weighted by Gasteiger charge is 2.36. The molecule has 0 bridgehead atoms. The molecule has 0 aliphatic heterocycles. The molecule has 120 valence electrons. The first-order valence-electron chi connectivity index (χ1n) is 7.43. The Labute approximate surface area is 126 Å². The van der Waals surface area contributed by atoms with Gasteiger partial charge in [-0.15, -0.1) is 0 Å². The number of aliphatic hydroxyl groups excluding tert-OH is 1. The van der Waals surface area contributed by atoms with Crippen LogP contribution in [0.2, 0.25) is 0 Å². The van der Waals surface area contributed by atoms with E-state index >= 15 is 0 Å². The van der Waals surface area contributed by atoms with Crippen LogP contribution in [-0.2, 0) is 19.1 Å². The van der Waals surface area contributed by atoms with E-state index < -0.39 is 23.6 Å². The molecule has 0 heterocycles. The first kappa shape index (κ1) is 17.7. The van der Waals surface area contributed by atoms with E-state index in [0.717, 1.165) is 0 Å². The Morgan fingerprint density at radius 1 is 1.29 bits per heavy atom. The molecule has 3 atom stereocenters. The number of hydrogen-bond donors (Lipinski definition) is 1. The zero-order valence-corrected chi connectivity index (χ0v) is 13.3. The topological polar surface area (TPSA) is 72.8 Å². The number of hydrogen-bond acceptors (Lipinski definition) is 5. The molecule has 0 spiro atoms. The van der Waals surface area contributed by atoms with Gasteiger partial charge < -0.3 is 14.6 Å². The maximum atomic E-state index is 12.0. The standard InChI is InChI=1S/C16H26O5/c1-6-16(4,5)15(19)21-13-8-7-11(9-12(13)17)20-14(18)10(2)3/h11-13,17H,2,6-9H2,1,3-5H3. The van der Waals surface area contributed by atoms with E-state index in [0.29, 0.717) is 24.8 Å². The van der Waals surface area contributed by atoms with Gasteiger partial charge in [-0.25, -0.2) is 4.79 Å². The Balaban J connectivity index is 2.52. The summed E-state index contributed by atoms with van der Waals surface area (Å²) in [6.07, 6.45) is 0.332. The first-order chi connectivity index (χ1) is 9.67. The van der Waals surface area contributed by atoms with Crippen LogP contribution in [0.4, 0.5) is 0 Å². The average Bonchev–Trinajstić information content (AvgIpc) is 2.41. The third-order valence-electron chi connectivity index (χ3n) is 4.02. The fourth-order valence-corrected chi connectivity index (χ4v) is 2.02. The van der Waals surface area contributed by atoms with Gasteiger partial charge in [0.2, 0.25) is 0 Å². The molecule has 0 aromatic rings. The third-order valence-corrected chi connectivity index (χ3v) is 4.02. The number of ether oxygens (including phenoxy) is 2. The van der Waals surface area contributed by atoms with Crippen molar-refractivity contribution < 1.29 is 24.2 Å². The number of esters is 2. The van der Waals surface area contributed by atoms with Gasteiger partial charge in [0, 0.05) is 12.0 Å². The maximum Gasteiger partial charge on any atom is 0.333 e. The number of rotatable bonds is 5. The first-order valence-corrected chi connectivity index (χ1v) is 7.43. The Kier molecular flexibility index (Phi) is 5.96. The van der Waals surface area contributed by atoms with Gasteiger partial charge in [0.05, 0.1) is 11.5 Å². The molecule has 1 aliphatic carbocycles. The van der Waals surface area contributed by atoms with Crippen LogP contribution >= 0.6 is 0 Å². The van der Waals surface area contributed by atoms with Crippen molar-refractivity contribution in [2.75, 3.05) is 0 Å². The molecular formula is C16H26O5. The van der Waals surface area contributed by atoms with E-state index in [1.165, 1.54) is 0 Å². The zero-order valence-electron chi connectivity index (χ0n) is 13.3. The molecule has 0 saturated heterocycles. The minimum Gasteiger partial charge on any atom is -0.459 e. The summed E-state index contributed by atoms with van der Waals surface area (Å²) in [6, 6.07) is 0. The van der Waals surface area contributed by atoms with Gasteiger partial charge in [-0.2, -0.15) is 0 Å². The van der Waals surface area contributed by atoms with Crippen molar-refractivity contribution in [2.24, 2.45) is 5.41 Å². The second-order valence-electron chi connectivity index (χ2n) is 6.37. The summed E-state index contributed by atoms with van der Waals surface area (Å²) >= 11 is 0. The van der Waals surface area contributed by atoms with Crippen LogP contribution in [0, 0.1) is 5.41 Å². The Morgan fingerprint density at radius 3 is 2.38 bits per heavy atom. The lowest BCUT2D eigenvalue weighted by Crippen LogP contribution is -2.42. The molecule has 1 rings (SSSR count). The molecule has 1 N–H and O–H groups in total. The van der Waals surface area contributed by atoms with E-state index in [1.807, 2.05) is 20.8 Å². The van der Waals surface area contributed by atoms with E-state index in [4.69, 9.17) is 9.47 Å². The molecule has 5 heteroatoms. The van der Waals surface area contributed by atoms with Crippen LogP contribution in [0.25, 0.3) is 0 Å². The zero-order chi connectivity index (χ0) is 16.2. The third kappa shape index (κ3) is 4.84. The van der Waals surface area contributed by atoms with Gasteiger partial charge in [0.25, 0.3) is 0 Å². The van der Waals surface area contributed by atoms with Crippen molar-refractivity contribution in [1.82, 2.24) is 0 Å². The van der Waals surface area contributed by atoms with E-state index in [9.17, 15) is 14.7 Å². The lowest BCUT2D eigenvalue weighted by atomic mass is 9.89. The molecule has 1 fully saturated rings. The van der Waals surface area contributed by atoms with Crippen molar-refractivity contribution in [3.8, 4) is 0 Å². The molecule has 5 nitrogen and oxygen atoms in total. The van der Waals surface area contributed by atoms with Gasteiger partial charge in [0.15, 0.2) is 0 Å². The van der Waals surface area contributed by atoms with Crippen LogP contribution in [0.15, 0.2) is 12.2 Å². The Morgan fingerprint density at radius 2 is 1.90 bits per heavy atom. The summed E-state index contributed by atoms with van der Waals surface area (Å²) in [4.78, 5) is 23.5. The van der Waals surface area contributed by atoms with Crippen LogP contribution in [0.5, 0.6) is 0 Å². The molecule has 0 amide bonds.